The van der Waals surface area contributed by atoms with Crippen LogP contribution in [-0.2, 0) is 16.3 Å². The second kappa shape index (κ2) is 6.12. The molecule has 1 atom stereocenters. The van der Waals surface area contributed by atoms with Gasteiger partial charge in [0.2, 0.25) is 0 Å². The van der Waals surface area contributed by atoms with Crippen LogP contribution >= 0.6 is 0 Å². The fraction of sp³-hybridized carbons (Fsp3) is 0.583. The summed E-state index contributed by atoms with van der Waals surface area (Å²) in [5.41, 5.74) is 8.07. The van der Waals surface area contributed by atoms with Gasteiger partial charge in [-0.15, -0.1) is 0 Å². The van der Waals surface area contributed by atoms with Crippen molar-refractivity contribution < 1.29 is 8.42 Å². The Morgan fingerprint density at radius 3 is 2.76 bits per heavy atom. The zero-order valence-electron chi connectivity index (χ0n) is 10.4. The van der Waals surface area contributed by atoms with Crippen LogP contribution < -0.4 is 5.73 Å². The molecular weight excluding hydrogens is 236 g/mol. The number of nitrogens with zero attached hydrogens (tertiary/aromatic N) is 1. The Labute approximate surface area is 103 Å². The summed E-state index contributed by atoms with van der Waals surface area (Å²) in [6.07, 6.45) is 5.10. The molecule has 0 aliphatic heterocycles. The third-order valence-corrected chi connectivity index (χ3v) is 3.72. The zero-order valence-corrected chi connectivity index (χ0v) is 11.2. The molecule has 0 amide bonds. The quantitative estimate of drug-likeness (QED) is 0.836. The Hall–Kier alpha value is -0.940. The van der Waals surface area contributed by atoms with Crippen molar-refractivity contribution >= 4 is 9.84 Å². The molecule has 1 rings (SSSR count). The van der Waals surface area contributed by atoms with E-state index in [0.29, 0.717) is 12.8 Å². The third-order valence-electron chi connectivity index (χ3n) is 2.69. The van der Waals surface area contributed by atoms with Crippen LogP contribution in [0.3, 0.4) is 0 Å². The molecule has 1 heterocycles. The van der Waals surface area contributed by atoms with Crippen molar-refractivity contribution in [2.24, 2.45) is 5.73 Å². The highest BCUT2D eigenvalue weighted by Gasteiger charge is 2.12. The first-order chi connectivity index (χ1) is 7.94. The molecule has 96 valence electrons. The summed E-state index contributed by atoms with van der Waals surface area (Å²) < 4.78 is 22.0. The lowest BCUT2D eigenvalue weighted by atomic mass is 10.0. The molecule has 0 saturated carbocycles. The fourth-order valence-corrected chi connectivity index (χ4v) is 2.48. The Balaban J connectivity index is 2.61. The standard InChI is InChI=1S/C12H20N2O2S/c1-3-10-6-4-8-14-12(10)11(13)7-5-9-17(2,15)16/h4,6,8,11H,3,5,7,9,13H2,1-2H3. The Morgan fingerprint density at radius 2 is 2.18 bits per heavy atom. The average Bonchev–Trinajstić information content (AvgIpc) is 2.27. The summed E-state index contributed by atoms with van der Waals surface area (Å²) in [6.45, 7) is 2.06. The van der Waals surface area contributed by atoms with Gasteiger partial charge in [-0.2, -0.15) is 0 Å². The van der Waals surface area contributed by atoms with E-state index in [-0.39, 0.29) is 11.8 Å². The van der Waals surface area contributed by atoms with Crippen molar-refractivity contribution in [2.45, 2.75) is 32.2 Å². The molecule has 0 saturated heterocycles. The van der Waals surface area contributed by atoms with Gasteiger partial charge in [0.1, 0.15) is 9.84 Å². The van der Waals surface area contributed by atoms with Gasteiger partial charge in [0.15, 0.2) is 0 Å². The number of pyridine rings is 1. The molecule has 0 aliphatic rings. The lowest BCUT2D eigenvalue weighted by Gasteiger charge is -2.14. The summed E-state index contributed by atoms with van der Waals surface area (Å²) in [7, 11) is -2.89. The van der Waals surface area contributed by atoms with Crippen molar-refractivity contribution in [3.05, 3.63) is 29.6 Å². The van der Waals surface area contributed by atoms with Crippen LogP contribution in [-0.4, -0.2) is 25.4 Å². The molecule has 0 bridgehead atoms. The number of rotatable bonds is 6. The fourth-order valence-electron chi connectivity index (χ4n) is 1.79. The molecule has 1 aromatic heterocycles. The highest BCUT2D eigenvalue weighted by molar-refractivity contribution is 7.90. The summed E-state index contributed by atoms with van der Waals surface area (Å²) in [6, 6.07) is 3.73. The second-order valence-corrected chi connectivity index (χ2v) is 6.54. The largest absolute Gasteiger partial charge is 0.323 e. The van der Waals surface area contributed by atoms with E-state index in [4.69, 9.17) is 5.73 Å². The minimum absolute atomic E-state index is 0.173. The highest BCUT2D eigenvalue weighted by atomic mass is 32.2. The van der Waals surface area contributed by atoms with E-state index >= 15 is 0 Å². The SMILES string of the molecule is CCc1cccnc1C(N)CCCS(C)(=O)=O. The molecule has 17 heavy (non-hydrogen) atoms. The van der Waals surface area contributed by atoms with E-state index in [1.54, 1.807) is 6.20 Å². The lowest BCUT2D eigenvalue weighted by Crippen LogP contribution is -2.16. The maximum absolute atomic E-state index is 11.0. The Bertz CT molecular complexity index is 457. The molecule has 4 nitrogen and oxygen atoms in total. The number of aryl methyl sites for hydroxylation is 1. The smallest absolute Gasteiger partial charge is 0.147 e. The third kappa shape index (κ3) is 4.83. The molecule has 1 unspecified atom stereocenters. The number of nitrogens with two attached hydrogens (primary N) is 1. The predicted molar refractivity (Wildman–Crippen MR) is 69.5 cm³/mol. The van der Waals surface area contributed by atoms with Crippen LogP contribution in [0, 0.1) is 0 Å². The van der Waals surface area contributed by atoms with Crippen molar-refractivity contribution in [1.82, 2.24) is 4.98 Å². The van der Waals surface area contributed by atoms with Crippen molar-refractivity contribution in [2.75, 3.05) is 12.0 Å². The van der Waals surface area contributed by atoms with Gasteiger partial charge >= 0.3 is 0 Å². The van der Waals surface area contributed by atoms with E-state index in [2.05, 4.69) is 11.9 Å². The summed E-state index contributed by atoms with van der Waals surface area (Å²) >= 11 is 0. The van der Waals surface area contributed by atoms with E-state index < -0.39 is 9.84 Å². The van der Waals surface area contributed by atoms with Gasteiger partial charge in [-0.3, -0.25) is 4.98 Å². The first-order valence-corrected chi connectivity index (χ1v) is 7.87. The van der Waals surface area contributed by atoms with E-state index in [1.165, 1.54) is 6.26 Å². The van der Waals surface area contributed by atoms with E-state index in [1.807, 2.05) is 12.1 Å². The van der Waals surface area contributed by atoms with Crippen molar-refractivity contribution in [3.8, 4) is 0 Å². The summed E-state index contributed by atoms with van der Waals surface area (Å²) in [5.74, 6) is 0.189. The molecule has 0 spiro atoms. The van der Waals surface area contributed by atoms with Crippen LogP contribution in [0.2, 0.25) is 0 Å². The predicted octanol–water partition coefficient (Wildman–Crippen LogP) is 1.47. The molecule has 5 heteroatoms. The minimum Gasteiger partial charge on any atom is -0.323 e. The number of sulfone groups is 1. The van der Waals surface area contributed by atoms with Gasteiger partial charge in [-0.25, -0.2) is 8.42 Å². The maximum atomic E-state index is 11.0. The van der Waals surface area contributed by atoms with Gasteiger partial charge in [0.05, 0.1) is 5.69 Å². The van der Waals surface area contributed by atoms with Gasteiger partial charge in [-0.05, 0) is 30.9 Å². The van der Waals surface area contributed by atoms with Crippen LogP contribution in [0.1, 0.15) is 37.1 Å². The monoisotopic (exact) mass is 256 g/mol. The highest BCUT2D eigenvalue weighted by Crippen LogP contribution is 2.18. The second-order valence-electron chi connectivity index (χ2n) is 4.28. The van der Waals surface area contributed by atoms with Crippen LogP contribution in [0.5, 0.6) is 0 Å². The number of hydrogen-bond donors (Lipinski definition) is 1. The normalized spacial score (nSPS) is 13.6. The summed E-state index contributed by atoms with van der Waals surface area (Å²) in [5, 5.41) is 0. The first-order valence-electron chi connectivity index (χ1n) is 5.81. The van der Waals surface area contributed by atoms with Crippen LogP contribution in [0.25, 0.3) is 0 Å². The minimum atomic E-state index is -2.89. The van der Waals surface area contributed by atoms with Gasteiger partial charge < -0.3 is 5.73 Å². The number of aromatic nitrogens is 1. The Kier molecular flexibility index (Phi) is 5.08. The molecule has 0 fully saturated rings. The van der Waals surface area contributed by atoms with Gasteiger partial charge in [0.25, 0.3) is 0 Å². The van der Waals surface area contributed by atoms with Gasteiger partial charge in [0, 0.05) is 24.2 Å². The molecule has 0 aromatic carbocycles. The van der Waals surface area contributed by atoms with Crippen LogP contribution in [0.15, 0.2) is 18.3 Å². The first kappa shape index (κ1) is 14.1. The molecular formula is C12H20N2O2S. The maximum Gasteiger partial charge on any atom is 0.147 e. The average molecular weight is 256 g/mol. The van der Waals surface area contributed by atoms with Crippen molar-refractivity contribution in [3.63, 3.8) is 0 Å². The van der Waals surface area contributed by atoms with Crippen molar-refractivity contribution in [1.29, 1.82) is 0 Å². The topological polar surface area (TPSA) is 73.0 Å². The molecule has 2 N–H and O–H groups in total. The van der Waals surface area contributed by atoms with Gasteiger partial charge in [-0.1, -0.05) is 13.0 Å². The molecule has 1 aromatic rings. The summed E-state index contributed by atoms with van der Waals surface area (Å²) in [4.78, 5) is 4.29. The molecule has 0 aliphatic carbocycles. The van der Waals surface area contributed by atoms with Crippen LogP contribution in [0.4, 0.5) is 0 Å². The van der Waals surface area contributed by atoms with E-state index in [9.17, 15) is 8.42 Å². The Morgan fingerprint density at radius 1 is 1.47 bits per heavy atom. The van der Waals surface area contributed by atoms with E-state index in [0.717, 1.165) is 17.7 Å². The molecule has 0 radical (unpaired) electrons. The zero-order chi connectivity index (χ0) is 12.9. The number of hydrogen-bond acceptors (Lipinski definition) is 4. The lowest BCUT2D eigenvalue weighted by molar-refractivity contribution is 0.582.